The van der Waals surface area contributed by atoms with Crippen LogP contribution in [0.2, 0.25) is 0 Å². The highest BCUT2D eigenvalue weighted by atomic mass is 16.2. The van der Waals surface area contributed by atoms with E-state index in [0.29, 0.717) is 42.5 Å². The summed E-state index contributed by atoms with van der Waals surface area (Å²) in [7, 11) is 0. The first kappa shape index (κ1) is 24.0. The van der Waals surface area contributed by atoms with Crippen molar-refractivity contribution in [3.63, 3.8) is 0 Å². The van der Waals surface area contributed by atoms with E-state index in [1.165, 1.54) is 4.57 Å². The zero-order chi connectivity index (χ0) is 26.4. The molecule has 0 unspecified atom stereocenters. The van der Waals surface area contributed by atoms with Gasteiger partial charge in [-0.25, -0.2) is 14.9 Å². The third kappa shape index (κ3) is 4.36. The Bertz CT molecular complexity index is 1720. The molecule has 3 aromatic heterocycles. The minimum Gasteiger partial charge on any atom is -0.318 e. The minimum atomic E-state index is -0.266. The highest BCUT2D eigenvalue weighted by Gasteiger charge is 2.27. The molecule has 5 aromatic rings. The Morgan fingerprint density at radius 2 is 1.71 bits per heavy atom. The maximum absolute atomic E-state index is 13.6. The molecule has 0 spiro atoms. The highest BCUT2D eigenvalue weighted by Crippen LogP contribution is 2.31. The molecule has 1 aliphatic carbocycles. The van der Waals surface area contributed by atoms with E-state index in [1.807, 2.05) is 49.6 Å². The first-order valence-electron chi connectivity index (χ1n) is 13.0. The van der Waals surface area contributed by atoms with Gasteiger partial charge in [-0.05, 0) is 58.7 Å². The predicted octanol–water partition coefficient (Wildman–Crippen LogP) is 3.63. The van der Waals surface area contributed by atoms with Gasteiger partial charge in [0.1, 0.15) is 5.82 Å². The van der Waals surface area contributed by atoms with Crippen LogP contribution in [0.4, 0.5) is 0 Å². The summed E-state index contributed by atoms with van der Waals surface area (Å²) < 4.78 is 5.06. The van der Waals surface area contributed by atoms with E-state index in [-0.39, 0.29) is 17.2 Å². The Balaban J connectivity index is 1.40. The number of nitrogens with one attached hydrogen (secondary N) is 1. The molecule has 194 valence electrons. The number of benzene rings is 2. The van der Waals surface area contributed by atoms with Crippen molar-refractivity contribution in [2.75, 3.05) is 0 Å². The van der Waals surface area contributed by atoms with Gasteiger partial charge in [0.15, 0.2) is 17.0 Å². The van der Waals surface area contributed by atoms with Crippen molar-refractivity contribution in [1.82, 2.24) is 39.3 Å². The molecule has 0 amide bonds. The number of nitrogens with zero attached hydrogens (tertiary/aromatic N) is 7. The normalized spacial score (nSPS) is 13.6. The van der Waals surface area contributed by atoms with E-state index in [4.69, 9.17) is 4.98 Å². The lowest BCUT2D eigenvalue weighted by Gasteiger charge is -2.14. The van der Waals surface area contributed by atoms with E-state index in [1.54, 1.807) is 4.57 Å². The molecule has 6 rings (SSSR count). The minimum absolute atomic E-state index is 0.174. The molecule has 0 saturated heterocycles. The molecule has 10 nitrogen and oxygen atoms in total. The van der Waals surface area contributed by atoms with Crippen LogP contribution in [0, 0.1) is 18.8 Å². The standard InChI is InChI=1S/C28H30N8O2/c1-17(2)14-36-27(37)24-26(35(28(36)38)16-19-8-9-19)29-18(3)34(24)15-20-10-12-21(13-11-20)22-6-4-5-7-23(22)25-30-32-33-31-25/h4-7,10-13,17,19H,8-9,14-16H2,1-3H3,(H,30,31,32,33). The Hall–Kier alpha value is -4.34. The molecule has 0 atom stereocenters. The van der Waals surface area contributed by atoms with Crippen LogP contribution < -0.4 is 11.2 Å². The van der Waals surface area contributed by atoms with Crippen molar-refractivity contribution in [3.05, 3.63) is 80.8 Å². The van der Waals surface area contributed by atoms with E-state index in [0.717, 1.165) is 40.9 Å². The molecule has 3 heterocycles. The van der Waals surface area contributed by atoms with Crippen molar-refractivity contribution in [2.24, 2.45) is 11.8 Å². The van der Waals surface area contributed by atoms with Crippen LogP contribution in [0.3, 0.4) is 0 Å². The molecule has 38 heavy (non-hydrogen) atoms. The summed E-state index contributed by atoms with van der Waals surface area (Å²) >= 11 is 0. The number of tetrazole rings is 1. The largest absolute Gasteiger partial charge is 0.332 e. The van der Waals surface area contributed by atoms with Gasteiger partial charge in [-0.1, -0.05) is 62.4 Å². The summed E-state index contributed by atoms with van der Waals surface area (Å²) in [5.41, 5.74) is 4.47. The summed E-state index contributed by atoms with van der Waals surface area (Å²) in [6.07, 6.45) is 2.22. The molecule has 1 aliphatic rings. The van der Waals surface area contributed by atoms with Gasteiger partial charge >= 0.3 is 5.69 Å². The van der Waals surface area contributed by atoms with Crippen LogP contribution in [0.5, 0.6) is 0 Å². The Morgan fingerprint density at radius 1 is 0.974 bits per heavy atom. The Morgan fingerprint density at radius 3 is 2.37 bits per heavy atom. The highest BCUT2D eigenvalue weighted by molar-refractivity contribution is 5.80. The van der Waals surface area contributed by atoms with Gasteiger partial charge in [0, 0.05) is 25.2 Å². The van der Waals surface area contributed by atoms with Gasteiger partial charge in [-0.3, -0.25) is 13.9 Å². The summed E-state index contributed by atoms with van der Waals surface area (Å²) in [6, 6.07) is 16.2. The first-order valence-corrected chi connectivity index (χ1v) is 13.0. The molecule has 1 saturated carbocycles. The quantitative estimate of drug-likeness (QED) is 0.341. The molecule has 10 heteroatoms. The fourth-order valence-corrected chi connectivity index (χ4v) is 5.03. The second-order valence-corrected chi connectivity index (χ2v) is 10.6. The SMILES string of the molecule is Cc1nc2c(c(=O)n(CC(C)C)c(=O)n2CC2CC2)n1Cc1ccc(-c2ccccc2-c2nnn[nH]2)cc1. The van der Waals surface area contributed by atoms with E-state index >= 15 is 0 Å². The van der Waals surface area contributed by atoms with Crippen LogP contribution in [0.25, 0.3) is 33.7 Å². The fourth-order valence-electron chi connectivity index (χ4n) is 5.03. The second-order valence-electron chi connectivity index (χ2n) is 10.6. The van der Waals surface area contributed by atoms with Crippen LogP contribution >= 0.6 is 0 Å². The van der Waals surface area contributed by atoms with Crippen molar-refractivity contribution >= 4 is 11.2 Å². The second kappa shape index (κ2) is 9.51. The fraction of sp³-hybridized carbons (Fsp3) is 0.357. The van der Waals surface area contributed by atoms with Crippen molar-refractivity contribution in [2.45, 2.75) is 53.2 Å². The number of H-pyrrole nitrogens is 1. The van der Waals surface area contributed by atoms with Gasteiger partial charge in [0.2, 0.25) is 0 Å². The van der Waals surface area contributed by atoms with Gasteiger partial charge in [0.05, 0.1) is 0 Å². The molecule has 0 aliphatic heterocycles. The number of aromatic nitrogens is 8. The molecule has 0 radical (unpaired) electrons. The third-order valence-corrected chi connectivity index (χ3v) is 7.12. The lowest BCUT2D eigenvalue weighted by molar-refractivity contribution is 0.468. The molecular weight excluding hydrogens is 480 g/mol. The van der Waals surface area contributed by atoms with Gasteiger partial charge in [-0.2, -0.15) is 0 Å². The zero-order valence-corrected chi connectivity index (χ0v) is 21.8. The van der Waals surface area contributed by atoms with E-state index in [9.17, 15) is 9.59 Å². The lowest BCUT2D eigenvalue weighted by Crippen LogP contribution is -2.42. The summed E-state index contributed by atoms with van der Waals surface area (Å²) in [5, 5.41) is 14.3. The van der Waals surface area contributed by atoms with Crippen LogP contribution in [-0.4, -0.2) is 39.3 Å². The van der Waals surface area contributed by atoms with Gasteiger partial charge in [0.25, 0.3) is 5.56 Å². The van der Waals surface area contributed by atoms with Crippen LogP contribution in [0.1, 0.15) is 38.1 Å². The first-order chi connectivity index (χ1) is 18.4. The maximum Gasteiger partial charge on any atom is 0.332 e. The number of fused-ring (bicyclic) bond motifs is 1. The Kier molecular flexibility index (Phi) is 6.01. The van der Waals surface area contributed by atoms with Crippen LogP contribution in [-0.2, 0) is 19.6 Å². The predicted molar refractivity (Wildman–Crippen MR) is 145 cm³/mol. The number of aromatic amines is 1. The molecule has 1 N–H and O–H groups in total. The lowest BCUT2D eigenvalue weighted by atomic mass is 9.98. The number of hydrogen-bond donors (Lipinski definition) is 1. The van der Waals surface area contributed by atoms with E-state index < -0.39 is 0 Å². The summed E-state index contributed by atoms with van der Waals surface area (Å²) in [5.74, 6) is 1.98. The monoisotopic (exact) mass is 510 g/mol. The molecule has 1 fully saturated rings. The number of imidazole rings is 1. The average molecular weight is 511 g/mol. The van der Waals surface area contributed by atoms with Crippen molar-refractivity contribution < 1.29 is 0 Å². The van der Waals surface area contributed by atoms with Crippen LogP contribution in [0.15, 0.2) is 58.1 Å². The third-order valence-electron chi connectivity index (χ3n) is 7.12. The average Bonchev–Trinajstić information content (AvgIpc) is 3.44. The maximum atomic E-state index is 13.6. The van der Waals surface area contributed by atoms with E-state index in [2.05, 4.69) is 44.9 Å². The zero-order valence-electron chi connectivity index (χ0n) is 21.8. The summed E-state index contributed by atoms with van der Waals surface area (Å²) in [6.45, 7) is 7.41. The van der Waals surface area contributed by atoms with Crippen molar-refractivity contribution in [1.29, 1.82) is 0 Å². The smallest absolute Gasteiger partial charge is 0.318 e. The Labute approximate surface area is 219 Å². The van der Waals surface area contributed by atoms with Gasteiger partial charge < -0.3 is 4.57 Å². The summed E-state index contributed by atoms with van der Waals surface area (Å²) in [4.78, 5) is 31.7. The number of hydrogen-bond acceptors (Lipinski definition) is 6. The molecule has 0 bridgehead atoms. The molecule has 2 aromatic carbocycles. The topological polar surface area (TPSA) is 116 Å². The number of rotatable bonds is 8. The number of aryl methyl sites for hydroxylation is 1. The van der Waals surface area contributed by atoms with Gasteiger partial charge in [-0.15, -0.1) is 5.10 Å². The molecular formula is C28H30N8O2. The van der Waals surface area contributed by atoms with Crippen molar-refractivity contribution in [3.8, 4) is 22.5 Å².